The fourth-order valence-electron chi connectivity index (χ4n) is 3.18. The minimum absolute atomic E-state index is 0.510. The van der Waals surface area contributed by atoms with E-state index in [0.717, 1.165) is 47.3 Å². The third-order valence-electron chi connectivity index (χ3n) is 4.90. The number of aryl methyl sites for hydroxylation is 2. The van der Waals surface area contributed by atoms with E-state index in [1.54, 1.807) is 7.11 Å². The van der Waals surface area contributed by atoms with Crippen molar-refractivity contribution < 1.29 is 4.74 Å². The first-order valence-electron chi connectivity index (χ1n) is 9.95. The summed E-state index contributed by atoms with van der Waals surface area (Å²) >= 11 is 1.96. The van der Waals surface area contributed by atoms with Gasteiger partial charge in [0.05, 0.1) is 7.11 Å². The number of nitrogens with one attached hydrogen (secondary N) is 2. The van der Waals surface area contributed by atoms with E-state index >= 15 is 0 Å². The summed E-state index contributed by atoms with van der Waals surface area (Å²) in [5.74, 6) is 4.69. The second kappa shape index (κ2) is 9.21. The highest BCUT2D eigenvalue weighted by Crippen LogP contribution is 2.25. The van der Waals surface area contributed by atoms with Crippen molar-refractivity contribution in [3.05, 3.63) is 53.6 Å². The van der Waals surface area contributed by atoms with Crippen molar-refractivity contribution in [1.29, 1.82) is 0 Å². The van der Waals surface area contributed by atoms with Crippen LogP contribution in [-0.4, -0.2) is 46.7 Å². The molecule has 8 heteroatoms. The number of rotatable bonds is 6. The monoisotopic (exact) mass is 422 g/mol. The predicted octanol–water partition coefficient (Wildman–Crippen LogP) is 4.54. The van der Waals surface area contributed by atoms with Gasteiger partial charge in [0.25, 0.3) is 0 Å². The summed E-state index contributed by atoms with van der Waals surface area (Å²) in [7, 11) is 1.66. The van der Waals surface area contributed by atoms with E-state index in [9.17, 15) is 0 Å². The molecular formula is C22H26N6OS. The van der Waals surface area contributed by atoms with Crippen molar-refractivity contribution in [3.63, 3.8) is 0 Å². The summed E-state index contributed by atoms with van der Waals surface area (Å²) in [6.45, 7) is 6.01. The fourth-order valence-corrected chi connectivity index (χ4v) is 4.08. The molecule has 30 heavy (non-hydrogen) atoms. The first kappa shape index (κ1) is 20.3. The lowest BCUT2D eigenvalue weighted by Gasteiger charge is -2.26. The summed E-state index contributed by atoms with van der Waals surface area (Å²) < 4.78 is 5.24. The molecule has 1 saturated heterocycles. The average Bonchev–Trinajstić information content (AvgIpc) is 2.77. The van der Waals surface area contributed by atoms with Crippen LogP contribution in [0.1, 0.15) is 11.1 Å². The number of nitrogens with zero attached hydrogens (tertiary/aromatic N) is 4. The molecule has 0 atom stereocenters. The van der Waals surface area contributed by atoms with Crippen LogP contribution >= 0.6 is 11.8 Å². The molecule has 0 radical (unpaired) electrons. The molecule has 1 fully saturated rings. The van der Waals surface area contributed by atoms with Gasteiger partial charge < -0.3 is 20.3 Å². The van der Waals surface area contributed by atoms with Crippen LogP contribution in [0.3, 0.4) is 0 Å². The first-order chi connectivity index (χ1) is 14.6. The number of hydrogen-bond donors (Lipinski definition) is 2. The lowest BCUT2D eigenvalue weighted by atomic mass is 10.1. The number of anilines is 5. The summed E-state index contributed by atoms with van der Waals surface area (Å²) in [5.41, 5.74) is 4.21. The highest BCUT2D eigenvalue weighted by atomic mass is 32.2. The molecule has 3 aromatic rings. The lowest BCUT2D eigenvalue weighted by molar-refractivity contribution is 0.415. The van der Waals surface area contributed by atoms with Gasteiger partial charge in [-0.25, -0.2) is 0 Å². The van der Waals surface area contributed by atoms with Crippen molar-refractivity contribution >= 4 is 41.0 Å². The Balaban J connectivity index is 1.65. The fraction of sp³-hybridized carbons (Fsp3) is 0.318. The number of hydrogen-bond acceptors (Lipinski definition) is 8. The summed E-state index contributed by atoms with van der Waals surface area (Å²) in [5, 5.41) is 6.68. The molecule has 2 heterocycles. The van der Waals surface area contributed by atoms with Gasteiger partial charge in [-0.2, -0.15) is 26.7 Å². The highest BCUT2D eigenvalue weighted by Gasteiger charge is 2.17. The average molecular weight is 423 g/mol. The van der Waals surface area contributed by atoms with Gasteiger partial charge in [-0.3, -0.25) is 0 Å². The smallest absolute Gasteiger partial charge is 0.233 e. The number of aromatic nitrogens is 3. The lowest BCUT2D eigenvalue weighted by Crippen LogP contribution is -2.34. The van der Waals surface area contributed by atoms with E-state index in [0.29, 0.717) is 17.8 Å². The van der Waals surface area contributed by atoms with Crippen LogP contribution in [0.5, 0.6) is 5.75 Å². The Morgan fingerprint density at radius 3 is 2.30 bits per heavy atom. The highest BCUT2D eigenvalue weighted by molar-refractivity contribution is 7.99. The maximum Gasteiger partial charge on any atom is 0.233 e. The molecule has 1 aliphatic heterocycles. The van der Waals surface area contributed by atoms with Crippen molar-refractivity contribution in [1.82, 2.24) is 15.0 Å². The molecule has 0 saturated carbocycles. The molecule has 0 unspecified atom stereocenters. The van der Waals surface area contributed by atoms with Crippen LogP contribution in [-0.2, 0) is 0 Å². The van der Waals surface area contributed by atoms with Crippen LogP contribution in [0.25, 0.3) is 0 Å². The minimum Gasteiger partial charge on any atom is -0.497 e. The van der Waals surface area contributed by atoms with Crippen LogP contribution in [0, 0.1) is 13.8 Å². The van der Waals surface area contributed by atoms with E-state index < -0.39 is 0 Å². The van der Waals surface area contributed by atoms with Crippen molar-refractivity contribution in [3.8, 4) is 5.75 Å². The van der Waals surface area contributed by atoms with Gasteiger partial charge in [0.15, 0.2) is 0 Å². The van der Waals surface area contributed by atoms with E-state index in [2.05, 4.69) is 57.5 Å². The Hall–Kier alpha value is -3.00. The van der Waals surface area contributed by atoms with E-state index in [1.165, 1.54) is 5.56 Å². The normalized spacial score (nSPS) is 13.8. The zero-order chi connectivity index (χ0) is 20.9. The van der Waals surface area contributed by atoms with E-state index in [1.807, 2.05) is 36.0 Å². The van der Waals surface area contributed by atoms with Gasteiger partial charge in [0, 0.05) is 36.0 Å². The molecule has 1 aliphatic rings. The summed E-state index contributed by atoms with van der Waals surface area (Å²) in [6.07, 6.45) is 0. The van der Waals surface area contributed by atoms with Gasteiger partial charge in [-0.05, 0) is 55.3 Å². The maximum atomic E-state index is 5.24. The SMILES string of the molecule is COc1ccc(Nc2nc(Nc3cc(C)ccc3C)nc(N3CCSCC3)n2)cc1. The van der Waals surface area contributed by atoms with Gasteiger partial charge in [0.1, 0.15) is 5.75 Å². The van der Waals surface area contributed by atoms with Crippen LogP contribution in [0.4, 0.5) is 29.2 Å². The molecular weight excluding hydrogens is 396 g/mol. The molecule has 1 aromatic heterocycles. The Morgan fingerprint density at radius 1 is 0.900 bits per heavy atom. The number of ether oxygens (including phenoxy) is 1. The molecule has 7 nitrogen and oxygen atoms in total. The zero-order valence-corrected chi connectivity index (χ0v) is 18.3. The predicted molar refractivity (Wildman–Crippen MR) is 125 cm³/mol. The quantitative estimate of drug-likeness (QED) is 0.600. The molecule has 156 valence electrons. The molecule has 0 bridgehead atoms. The Bertz CT molecular complexity index is 1010. The molecule has 0 aliphatic carbocycles. The van der Waals surface area contributed by atoms with Gasteiger partial charge >= 0.3 is 0 Å². The Labute approximate surface area is 181 Å². The third-order valence-corrected chi connectivity index (χ3v) is 5.85. The second-order valence-corrected chi connectivity index (χ2v) is 8.40. The van der Waals surface area contributed by atoms with Crippen molar-refractivity contribution in [2.75, 3.05) is 47.2 Å². The third kappa shape index (κ3) is 4.94. The zero-order valence-electron chi connectivity index (χ0n) is 17.5. The second-order valence-electron chi connectivity index (χ2n) is 7.18. The van der Waals surface area contributed by atoms with Crippen molar-refractivity contribution in [2.45, 2.75) is 13.8 Å². The van der Waals surface area contributed by atoms with Crippen LogP contribution < -0.4 is 20.3 Å². The minimum atomic E-state index is 0.510. The topological polar surface area (TPSA) is 75.2 Å². The molecule has 0 amide bonds. The summed E-state index contributed by atoms with van der Waals surface area (Å²) in [6, 6.07) is 14.0. The van der Waals surface area contributed by atoms with E-state index in [-0.39, 0.29) is 0 Å². The van der Waals surface area contributed by atoms with Gasteiger partial charge in [-0.1, -0.05) is 12.1 Å². The number of thioether (sulfide) groups is 1. The molecule has 0 spiro atoms. The van der Waals surface area contributed by atoms with Gasteiger partial charge in [-0.15, -0.1) is 0 Å². The summed E-state index contributed by atoms with van der Waals surface area (Å²) in [4.78, 5) is 16.2. The van der Waals surface area contributed by atoms with Gasteiger partial charge in [0.2, 0.25) is 17.8 Å². The first-order valence-corrected chi connectivity index (χ1v) is 11.1. The molecule has 4 rings (SSSR count). The van der Waals surface area contributed by atoms with Crippen LogP contribution in [0.2, 0.25) is 0 Å². The maximum absolute atomic E-state index is 5.24. The Kier molecular flexibility index (Phi) is 6.23. The number of benzene rings is 2. The largest absolute Gasteiger partial charge is 0.497 e. The van der Waals surface area contributed by atoms with Crippen molar-refractivity contribution in [2.24, 2.45) is 0 Å². The number of methoxy groups -OCH3 is 1. The standard InChI is InChI=1S/C22H26N6OS/c1-15-4-5-16(2)19(14-15)24-21-25-20(23-17-6-8-18(29-3)9-7-17)26-22(27-21)28-10-12-30-13-11-28/h4-9,14H,10-13H2,1-3H3,(H2,23,24,25,26,27). The Morgan fingerprint density at radius 2 is 1.60 bits per heavy atom. The van der Waals surface area contributed by atoms with Crippen LogP contribution in [0.15, 0.2) is 42.5 Å². The van der Waals surface area contributed by atoms with E-state index in [4.69, 9.17) is 9.72 Å². The molecule has 2 N–H and O–H groups in total. The molecule has 2 aromatic carbocycles.